The van der Waals surface area contributed by atoms with Gasteiger partial charge in [-0.15, -0.1) is 11.3 Å². The molecule has 19 heavy (non-hydrogen) atoms. The molecule has 1 aromatic heterocycles. The summed E-state index contributed by atoms with van der Waals surface area (Å²) in [5, 5.41) is 0. The molecule has 1 fully saturated rings. The molecule has 2 rings (SSSR count). The lowest BCUT2D eigenvalue weighted by Crippen LogP contribution is -2.50. The fourth-order valence-corrected chi connectivity index (χ4v) is 3.33. The first-order valence-corrected chi connectivity index (χ1v) is 7.35. The monoisotopic (exact) mass is 282 g/mol. The van der Waals surface area contributed by atoms with Gasteiger partial charge in [-0.05, 0) is 32.9 Å². The van der Waals surface area contributed by atoms with Gasteiger partial charge in [0.1, 0.15) is 0 Å². The molecule has 3 atom stereocenters. The predicted octanol–water partition coefficient (Wildman–Crippen LogP) is 1.94. The van der Waals surface area contributed by atoms with Crippen molar-refractivity contribution in [2.75, 3.05) is 20.3 Å². The van der Waals surface area contributed by atoms with E-state index in [4.69, 9.17) is 10.5 Å². The molecule has 1 aliphatic rings. The highest BCUT2D eigenvalue weighted by Gasteiger charge is 2.46. The van der Waals surface area contributed by atoms with Crippen LogP contribution in [0.4, 0.5) is 0 Å². The van der Waals surface area contributed by atoms with E-state index in [1.165, 1.54) is 9.75 Å². The smallest absolute Gasteiger partial charge is 0.232 e. The summed E-state index contributed by atoms with van der Waals surface area (Å²) in [6.07, 6.45) is 0. The number of carbonyl (C=O) groups is 1. The highest BCUT2D eigenvalue weighted by Crippen LogP contribution is 2.33. The van der Waals surface area contributed by atoms with Gasteiger partial charge in [0.15, 0.2) is 0 Å². The van der Waals surface area contributed by atoms with Crippen molar-refractivity contribution in [3.8, 4) is 0 Å². The minimum absolute atomic E-state index is 0.0656. The van der Waals surface area contributed by atoms with Crippen LogP contribution in [0, 0.1) is 12.3 Å². The lowest BCUT2D eigenvalue weighted by molar-refractivity contribution is -0.142. The molecule has 1 aromatic rings. The quantitative estimate of drug-likeness (QED) is 0.922. The SMILES string of the molecule is Cc1ccc(C(C)N(C)C(=O)C2(C)COCC2N)s1. The normalized spacial score (nSPS) is 28.4. The van der Waals surface area contributed by atoms with Gasteiger partial charge in [-0.25, -0.2) is 0 Å². The first kappa shape index (κ1) is 14.5. The Morgan fingerprint density at radius 1 is 1.63 bits per heavy atom. The van der Waals surface area contributed by atoms with E-state index >= 15 is 0 Å². The molecular formula is C14H22N2O2S. The molecule has 5 heteroatoms. The molecule has 0 bridgehead atoms. The van der Waals surface area contributed by atoms with Crippen LogP contribution < -0.4 is 5.73 Å². The molecule has 2 heterocycles. The van der Waals surface area contributed by atoms with E-state index in [1.807, 2.05) is 20.9 Å². The van der Waals surface area contributed by atoms with Crippen molar-refractivity contribution in [1.29, 1.82) is 0 Å². The van der Waals surface area contributed by atoms with Gasteiger partial charge in [0.25, 0.3) is 0 Å². The number of hydrogen-bond acceptors (Lipinski definition) is 4. The van der Waals surface area contributed by atoms with Crippen molar-refractivity contribution in [1.82, 2.24) is 4.90 Å². The van der Waals surface area contributed by atoms with Crippen molar-refractivity contribution in [3.05, 3.63) is 21.9 Å². The molecule has 3 unspecified atom stereocenters. The van der Waals surface area contributed by atoms with E-state index in [0.29, 0.717) is 13.2 Å². The van der Waals surface area contributed by atoms with Crippen LogP contribution in [0.3, 0.4) is 0 Å². The number of thiophene rings is 1. The fraction of sp³-hybridized carbons (Fsp3) is 0.643. The first-order valence-electron chi connectivity index (χ1n) is 6.53. The Kier molecular flexibility index (Phi) is 3.99. The number of aryl methyl sites for hydroxylation is 1. The van der Waals surface area contributed by atoms with Crippen LogP contribution in [0.25, 0.3) is 0 Å². The van der Waals surface area contributed by atoms with Crippen molar-refractivity contribution < 1.29 is 9.53 Å². The molecular weight excluding hydrogens is 260 g/mol. The van der Waals surface area contributed by atoms with Gasteiger partial charge in [-0.2, -0.15) is 0 Å². The highest BCUT2D eigenvalue weighted by atomic mass is 32.1. The second kappa shape index (κ2) is 5.23. The summed E-state index contributed by atoms with van der Waals surface area (Å²) < 4.78 is 5.36. The van der Waals surface area contributed by atoms with Crippen LogP contribution in [0.1, 0.15) is 29.6 Å². The van der Waals surface area contributed by atoms with Crippen molar-refractivity contribution in [3.63, 3.8) is 0 Å². The Morgan fingerprint density at radius 3 is 2.79 bits per heavy atom. The highest BCUT2D eigenvalue weighted by molar-refractivity contribution is 7.12. The molecule has 2 N–H and O–H groups in total. The van der Waals surface area contributed by atoms with Crippen molar-refractivity contribution in [2.45, 2.75) is 32.9 Å². The maximum atomic E-state index is 12.7. The van der Waals surface area contributed by atoms with Gasteiger partial charge in [-0.3, -0.25) is 4.79 Å². The van der Waals surface area contributed by atoms with Crippen LogP contribution in [0.5, 0.6) is 0 Å². The summed E-state index contributed by atoms with van der Waals surface area (Å²) in [6.45, 7) is 6.89. The van der Waals surface area contributed by atoms with Crippen LogP contribution in [0.15, 0.2) is 12.1 Å². The third-order valence-corrected chi connectivity index (χ3v) is 5.25. The topological polar surface area (TPSA) is 55.6 Å². The third kappa shape index (κ3) is 2.55. The van der Waals surface area contributed by atoms with E-state index in [1.54, 1.807) is 16.2 Å². The first-order chi connectivity index (χ1) is 8.86. The van der Waals surface area contributed by atoms with Crippen molar-refractivity contribution in [2.24, 2.45) is 11.1 Å². The van der Waals surface area contributed by atoms with Gasteiger partial charge in [0.2, 0.25) is 5.91 Å². The zero-order valence-electron chi connectivity index (χ0n) is 12.0. The molecule has 1 amide bonds. The number of rotatable bonds is 3. The molecule has 1 aliphatic heterocycles. The van der Waals surface area contributed by atoms with Crippen LogP contribution in [0.2, 0.25) is 0 Å². The van der Waals surface area contributed by atoms with E-state index in [2.05, 4.69) is 19.1 Å². The van der Waals surface area contributed by atoms with Gasteiger partial charge in [0, 0.05) is 22.8 Å². The van der Waals surface area contributed by atoms with E-state index in [0.717, 1.165) is 0 Å². The van der Waals surface area contributed by atoms with E-state index in [-0.39, 0.29) is 18.0 Å². The summed E-state index contributed by atoms with van der Waals surface area (Å²) in [7, 11) is 1.85. The lowest BCUT2D eigenvalue weighted by atomic mass is 9.84. The Balaban J connectivity index is 2.15. The summed E-state index contributed by atoms with van der Waals surface area (Å²) in [5.74, 6) is 0.0658. The number of ether oxygens (including phenoxy) is 1. The van der Waals surface area contributed by atoms with Crippen LogP contribution in [-0.2, 0) is 9.53 Å². The summed E-state index contributed by atoms with van der Waals surface area (Å²) >= 11 is 1.73. The second-order valence-electron chi connectivity index (χ2n) is 5.58. The van der Waals surface area contributed by atoms with Gasteiger partial charge >= 0.3 is 0 Å². The predicted molar refractivity (Wildman–Crippen MR) is 77.1 cm³/mol. The van der Waals surface area contributed by atoms with E-state index in [9.17, 15) is 4.79 Å². The maximum absolute atomic E-state index is 12.7. The van der Waals surface area contributed by atoms with Crippen LogP contribution in [-0.4, -0.2) is 37.1 Å². The molecule has 0 saturated carbocycles. The minimum atomic E-state index is -0.602. The van der Waals surface area contributed by atoms with Crippen molar-refractivity contribution >= 4 is 17.2 Å². The Hall–Kier alpha value is -0.910. The molecule has 0 aromatic carbocycles. The molecule has 106 valence electrons. The Labute approximate surface area is 118 Å². The Morgan fingerprint density at radius 2 is 2.32 bits per heavy atom. The molecule has 0 radical (unpaired) electrons. The number of carbonyl (C=O) groups excluding carboxylic acids is 1. The summed E-state index contributed by atoms with van der Waals surface area (Å²) in [6, 6.07) is 4.01. The average molecular weight is 282 g/mol. The minimum Gasteiger partial charge on any atom is -0.379 e. The third-order valence-electron chi connectivity index (χ3n) is 4.08. The molecule has 1 saturated heterocycles. The van der Waals surface area contributed by atoms with Gasteiger partial charge in [-0.1, -0.05) is 0 Å². The van der Waals surface area contributed by atoms with Gasteiger partial charge in [0.05, 0.1) is 24.7 Å². The lowest BCUT2D eigenvalue weighted by Gasteiger charge is -2.34. The number of nitrogens with zero attached hydrogens (tertiary/aromatic N) is 1. The zero-order valence-corrected chi connectivity index (χ0v) is 12.8. The fourth-order valence-electron chi connectivity index (χ4n) is 2.36. The summed E-state index contributed by atoms with van der Waals surface area (Å²) in [4.78, 5) is 16.9. The van der Waals surface area contributed by atoms with E-state index < -0.39 is 5.41 Å². The molecule has 0 aliphatic carbocycles. The largest absolute Gasteiger partial charge is 0.379 e. The number of hydrogen-bond donors (Lipinski definition) is 1. The second-order valence-corrected chi connectivity index (χ2v) is 6.90. The zero-order chi connectivity index (χ0) is 14.2. The number of amides is 1. The average Bonchev–Trinajstić information content (AvgIpc) is 2.95. The molecule has 0 spiro atoms. The Bertz CT molecular complexity index is 474. The van der Waals surface area contributed by atoms with Gasteiger partial charge < -0.3 is 15.4 Å². The summed E-state index contributed by atoms with van der Waals surface area (Å²) in [5.41, 5.74) is 5.42. The van der Waals surface area contributed by atoms with Crippen LogP contribution >= 0.6 is 11.3 Å². The number of nitrogens with two attached hydrogens (primary N) is 1. The standard InChI is InChI=1S/C14H22N2O2S/c1-9-5-6-11(19-9)10(2)16(4)13(17)14(3)8-18-7-12(14)15/h5-6,10,12H,7-8,15H2,1-4H3. The molecule has 4 nitrogen and oxygen atoms in total. The maximum Gasteiger partial charge on any atom is 0.232 e.